The highest BCUT2D eigenvalue weighted by atomic mass is 35.7. The van der Waals surface area contributed by atoms with Gasteiger partial charge in [-0.2, -0.15) is 0 Å². The summed E-state index contributed by atoms with van der Waals surface area (Å²) >= 11 is 0. The number of nitrogens with zero attached hydrogens (tertiary/aromatic N) is 1. The van der Waals surface area contributed by atoms with Gasteiger partial charge in [0.25, 0.3) is 9.05 Å². The summed E-state index contributed by atoms with van der Waals surface area (Å²) in [4.78, 5) is 11.5. The van der Waals surface area contributed by atoms with Crippen molar-refractivity contribution in [2.75, 3.05) is 10.1 Å². The van der Waals surface area contributed by atoms with Gasteiger partial charge in [0.1, 0.15) is 0 Å². The molecule has 0 spiro atoms. The largest absolute Gasteiger partial charge is 0.273 e. The zero-order valence-corrected chi connectivity index (χ0v) is 12.2. The number of carbonyl (C=O) groups excluding carboxylic acids is 1. The number of amides is 1. The number of rotatable bonds is 2. The van der Waals surface area contributed by atoms with E-state index in [2.05, 4.69) is 0 Å². The molecule has 0 N–H and O–H groups in total. The lowest BCUT2D eigenvalue weighted by molar-refractivity contribution is -0.116. The zero-order valence-electron chi connectivity index (χ0n) is 9.83. The lowest BCUT2D eigenvalue weighted by Crippen LogP contribution is -2.29. The van der Waals surface area contributed by atoms with Crippen molar-refractivity contribution in [2.24, 2.45) is 0 Å². The first-order valence-electron chi connectivity index (χ1n) is 5.24. The fourth-order valence-electron chi connectivity index (χ4n) is 1.90. The third-order valence-electron chi connectivity index (χ3n) is 2.73. The van der Waals surface area contributed by atoms with Crippen molar-refractivity contribution in [1.29, 1.82) is 0 Å². The Kier molecular flexibility index (Phi) is 3.36. The Balaban J connectivity index is 2.55. The topological polar surface area (TPSA) is 88.6 Å². The highest BCUT2D eigenvalue weighted by Gasteiger charge is 2.36. The van der Waals surface area contributed by atoms with Crippen molar-refractivity contribution in [3.63, 3.8) is 0 Å². The first-order chi connectivity index (χ1) is 8.63. The van der Waals surface area contributed by atoms with Crippen LogP contribution in [-0.2, 0) is 23.9 Å². The van der Waals surface area contributed by atoms with Crippen LogP contribution in [0.2, 0.25) is 0 Å². The minimum absolute atomic E-state index is 0.0725. The van der Waals surface area contributed by atoms with E-state index >= 15 is 0 Å². The normalized spacial score (nSPS) is 18.8. The molecule has 1 aliphatic rings. The van der Waals surface area contributed by atoms with Crippen LogP contribution in [0.3, 0.4) is 0 Å². The summed E-state index contributed by atoms with van der Waals surface area (Å²) in [6.07, 6.45) is -0.0725. The highest BCUT2D eigenvalue weighted by Crippen LogP contribution is 2.29. The molecule has 1 amide bonds. The summed E-state index contributed by atoms with van der Waals surface area (Å²) < 4.78 is 46.6. The summed E-state index contributed by atoms with van der Waals surface area (Å²) in [6, 6.07) is 3.76. The molecule has 0 bridgehead atoms. The van der Waals surface area contributed by atoms with E-state index in [-0.39, 0.29) is 28.3 Å². The fraction of sp³-hybridized carbons (Fsp3) is 0.300. The van der Waals surface area contributed by atoms with Crippen molar-refractivity contribution in [3.8, 4) is 0 Å². The SMILES string of the molecule is Cc1cc(N2C(=O)CCS2(=O)=O)ccc1S(=O)(=O)Cl. The maximum atomic E-state index is 11.7. The maximum Gasteiger partial charge on any atom is 0.261 e. The Morgan fingerprint density at radius 3 is 2.37 bits per heavy atom. The minimum atomic E-state index is -3.90. The van der Waals surface area contributed by atoms with Gasteiger partial charge in [0.2, 0.25) is 15.9 Å². The highest BCUT2D eigenvalue weighted by molar-refractivity contribution is 8.13. The van der Waals surface area contributed by atoms with Gasteiger partial charge in [-0.15, -0.1) is 0 Å². The summed E-state index contributed by atoms with van der Waals surface area (Å²) in [5, 5.41) is 0. The molecule has 1 saturated heterocycles. The second-order valence-corrected chi connectivity index (χ2v) is 8.58. The molecule has 0 aromatic heterocycles. The van der Waals surface area contributed by atoms with E-state index in [0.717, 1.165) is 0 Å². The van der Waals surface area contributed by atoms with Crippen LogP contribution in [0.25, 0.3) is 0 Å². The van der Waals surface area contributed by atoms with Gasteiger partial charge in [-0.25, -0.2) is 21.1 Å². The number of benzene rings is 1. The lowest BCUT2D eigenvalue weighted by atomic mass is 10.2. The first kappa shape index (κ1) is 14.3. The van der Waals surface area contributed by atoms with Gasteiger partial charge >= 0.3 is 0 Å². The molecule has 104 valence electrons. The molecule has 0 unspecified atom stereocenters. The third kappa shape index (κ3) is 2.60. The molecule has 1 aliphatic heterocycles. The summed E-state index contributed by atoms with van der Waals surface area (Å²) in [7, 11) is -2.32. The molecule has 2 rings (SSSR count). The van der Waals surface area contributed by atoms with Crippen LogP contribution in [0.4, 0.5) is 5.69 Å². The van der Waals surface area contributed by atoms with Crippen molar-refractivity contribution < 1.29 is 21.6 Å². The van der Waals surface area contributed by atoms with Crippen LogP contribution in [-0.4, -0.2) is 28.5 Å². The van der Waals surface area contributed by atoms with E-state index in [1.807, 2.05) is 0 Å². The van der Waals surface area contributed by atoms with Gasteiger partial charge in [0.05, 0.1) is 16.3 Å². The molecule has 1 aromatic rings. The first-order valence-corrected chi connectivity index (χ1v) is 9.16. The molecular weight excluding hydrogens is 314 g/mol. The smallest absolute Gasteiger partial charge is 0.261 e. The number of aryl methyl sites for hydroxylation is 1. The molecule has 6 nitrogen and oxygen atoms in total. The molecule has 0 saturated carbocycles. The standard InChI is InChI=1S/C10H10ClNO5S2/c1-7-6-8(2-3-9(7)19(11,16)17)12-10(13)4-5-18(12,14)15/h2-3,6H,4-5H2,1H3. The lowest BCUT2D eigenvalue weighted by Gasteiger charge is -2.16. The van der Waals surface area contributed by atoms with E-state index in [0.29, 0.717) is 4.31 Å². The monoisotopic (exact) mass is 323 g/mol. The average molecular weight is 324 g/mol. The van der Waals surface area contributed by atoms with Crippen LogP contribution in [0.15, 0.2) is 23.1 Å². The number of sulfonamides is 1. The Hall–Kier alpha value is -1.12. The predicted octanol–water partition coefficient (Wildman–Crippen LogP) is 0.989. The molecule has 9 heteroatoms. The fourth-order valence-corrected chi connectivity index (χ4v) is 4.55. The van der Waals surface area contributed by atoms with E-state index in [1.54, 1.807) is 0 Å². The molecule has 19 heavy (non-hydrogen) atoms. The average Bonchev–Trinajstić information content (AvgIpc) is 2.51. The number of carbonyl (C=O) groups is 1. The van der Waals surface area contributed by atoms with Crippen LogP contribution >= 0.6 is 10.7 Å². The molecule has 1 aromatic carbocycles. The van der Waals surface area contributed by atoms with Gasteiger partial charge in [0, 0.05) is 17.1 Å². The summed E-state index contributed by atoms with van der Waals surface area (Å²) in [5.41, 5.74) is 0.409. The molecular formula is C10H10ClNO5S2. The Morgan fingerprint density at radius 2 is 1.95 bits per heavy atom. The zero-order chi connectivity index (χ0) is 14.4. The third-order valence-corrected chi connectivity index (χ3v) is 5.91. The molecule has 1 fully saturated rings. The maximum absolute atomic E-state index is 11.7. The van der Waals surface area contributed by atoms with Crippen LogP contribution < -0.4 is 4.31 Å². The van der Waals surface area contributed by atoms with Crippen molar-refractivity contribution in [1.82, 2.24) is 0 Å². The number of hydrogen-bond acceptors (Lipinski definition) is 5. The summed E-state index contributed by atoms with van der Waals surface area (Å²) in [6.45, 7) is 1.48. The van der Waals surface area contributed by atoms with E-state index in [4.69, 9.17) is 10.7 Å². The molecule has 0 aliphatic carbocycles. The second kappa shape index (κ2) is 4.46. The van der Waals surface area contributed by atoms with Gasteiger partial charge in [-0.1, -0.05) is 0 Å². The molecule has 0 radical (unpaired) electrons. The quantitative estimate of drug-likeness (QED) is 0.757. The van der Waals surface area contributed by atoms with Crippen molar-refractivity contribution in [3.05, 3.63) is 23.8 Å². The van der Waals surface area contributed by atoms with E-state index < -0.39 is 25.0 Å². The van der Waals surface area contributed by atoms with Crippen LogP contribution in [0, 0.1) is 6.92 Å². The van der Waals surface area contributed by atoms with E-state index in [9.17, 15) is 21.6 Å². The van der Waals surface area contributed by atoms with Gasteiger partial charge in [-0.05, 0) is 30.7 Å². The van der Waals surface area contributed by atoms with Gasteiger partial charge in [-0.3, -0.25) is 4.79 Å². The molecule has 0 atom stereocenters. The van der Waals surface area contributed by atoms with Crippen molar-refractivity contribution >= 4 is 41.4 Å². The Labute approximate surface area is 115 Å². The minimum Gasteiger partial charge on any atom is -0.273 e. The van der Waals surface area contributed by atoms with Crippen LogP contribution in [0.1, 0.15) is 12.0 Å². The summed E-state index contributed by atoms with van der Waals surface area (Å²) in [5.74, 6) is -0.763. The van der Waals surface area contributed by atoms with Crippen LogP contribution in [0.5, 0.6) is 0 Å². The van der Waals surface area contributed by atoms with Crippen molar-refractivity contribution in [2.45, 2.75) is 18.2 Å². The molecule has 1 heterocycles. The second-order valence-electron chi connectivity index (χ2n) is 4.11. The number of anilines is 1. The Bertz CT molecular complexity index is 754. The van der Waals surface area contributed by atoms with E-state index in [1.165, 1.54) is 25.1 Å². The Morgan fingerprint density at radius 1 is 1.32 bits per heavy atom. The predicted molar refractivity (Wildman–Crippen MR) is 70.1 cm³/mol. The van der Waals surface area contributed by atoms with Gasteiger partial charge in [0.15, 0.2) is 0 Å². The number of halogens is 1. The van der Waals surface area contributed by atoms with Gasteiger partial charge < -0.3 is 0 Å². The number of hydrogen-bond donors (Lipinski definition) is 0.